The minimum Gasteiger partial charge on any atom is -0.479 e. The number of hydrogen-bond acceptors (Lipinski definition) is 3. The van der Waals surface area contributed by atoms with E-state index in [1.165, 1.54) is 17.4 Å². The van der Waals surface area contributed by atoms with Crippen molar-refractivity contribution < 1.29 is 14.7 Å². The van der Waals surface area contributed by atoms with Crippen LogP contribution in [0.5, 0.6) is 0 Å². The van der Waals surface area contributed by atoms with Gasteiger partial charge in [-0.05, 0) is 35.6 Å². The molecule has 2 rings (SSSR count). The first-order valence-electron chi connectivity index (χ1n) is 6.38. The fraction of sp³-hybridized carbons (Fsp3) is 0.125. The van der Waals surface area contributed by atoms with Crippen molar-refractivity contribution in [2.45, 2.75) is 13.0 Å². The second kappa shape index (κ2) is 6.85. The zero-order chi connectivity index (χ0) is 15.2. The number of aliphatic carboxylic acids is 1. The van der Waals surface area contributed by atoms with Crippen LogP contribution in [0.4, 0.5) is 0 Å². The van der Waals surface area contributed by atoms with E-state index in [2.05, 4.69) is 5.32 Å². The van der Waals surface area contributed by atoms with Crippen molar-refractivity contribution in [1.29, 1.82) is 0 Å². The van der Waals surface area contributed by atoms with Gasteiger partial charge in [0.25, 0.3) is 0 Å². The quantitative estimate of drug-likeness (QED) is 0.834. The molecular weight excluding hydrogens is 286 g/mol. The number of rotatable bonds is 5. The molecule has 1 heterocycles. The van der Waals surface area contributed by atoms with Crippen molar-refractivity contribution in [2.24, 2.45) is 0 Å². The lowest BCUT2D eigenvalue weighted by Gasteiger charge is -2.11. The molecule has 2 N–H and O–H groups in total. The highest BCUT2D eigenvalue weighted by Crippen LogP contribution is 2.19. The van der Waals surface area contributed by atoms with Crippen LogP contribution in [-0.4, -0.2) is 17.0 Å². The average molecular weight is 301 g/mol. The van der Waals surface area contributed by atoms with Crippen LogP contribution in [0.1, 0.15) is 22.0 Å². The molecular formula is C16H15NO3S. The first-order chi connectivity index (χ1) is 10.1. The number of carboxylic acid groups (broad SMARTS) is 1. The SMILES string of the molecule is Cc1ccccc1/C=C/C(=O)NC(C(=O)O)c1cccs1. The van der Waals surface area contributed by atoms with Crippen molar-refractivity contribution in [3.63, 3.8) is 0 Å². The number of carbonyl (C=O) groups is 2. The average Bonchev–Trinajstić information content (AvgIpc) is 2.97. The van der Waals surface area contributed by atoms with Gasteiger partial charge in [0.1, 0.15) is 0 Å². The molecule has 0 fully saturated rings. The molecule has 0 aliphatic heterocycles. The largest absolute Gasteiger partial charge is 0.479 e. The van der Waals surface area contributed by atoms with Gasteiger partial charge >= 0.3 is 5.97 Å². The molecule has 1 unspecified atom stereocenters. The van der Waals surface area contributed by atoms with E-state index in [0.29, 0.717) is 4.88 Å². The zero-order valence-electron chi connectivity index (χ0n) is 11.4. The fourth-order valence-corrected chi connectivity index (χ4v) is 2.61. The van der Waals surface area contributed by atoms with Gasteiger partial charge in [0, 0.05) is 11.0 Å². The lowest BCUT2D eigenvalue weighted by atomic mass is 10.1. The molecule has 1 amide bonds. The molecule has 0 bridgehead atoms. The van der Waals surface area contributed by atoms with E-state index in [-0.39, 0.29) is 0 Å². The predicted octanol–water partition coefficient (Wildman–Crippen LogP) is 3.01. The molecule has 0 aliphatic rings. The van der Waals surface area contributed by atoms with Crippen LogP contribution in [-0.2, 0) is 9.59 Å². The summed E-state index contributed by atoms with van der Waals surface area (Å²) >= 11 is 1.30. The third-order valence-electron chi connectivity index (χ3n) is 2.96. The Morgan fingerprint density at radius 1 is 1.24 bits per heavy atom. The van der Waals surface area contributed by atoms with Crippen LogP contribution >= 0.6 is 11.3 Å². The predicted molar refractivity (Wildman–Crippen MR) is 83.1 cm³/mol. The van der Waals surface area contributed by atoms with Crippen LogP contribution in [0.3, 0.4) is 0 Å². The lowest BCUT2D eigenvalue weighted by Crippen LogP contribution is -2.31. The van der Waals surface area contributed by atoms with Crippen LogP contribution < -0.4 is 5.32 Å². The monoisotopic (exact) mass is 301 g/mol. The summed E-state index contributed by atoms with van der Waals surface area (Å²) in [5.74, 6) is -1.51. The summed E-state index contributed by atoms with van der Waals surface area (Å²) in [5.41, 5.74) is 1.98. The van der Waals surface area contributed by atoms with Crippen molar-refractivity contribution >= 4 is 29.3 Å². The van der Waals surface area contributed by atoms with Crippen molar-refractivity contribution in [2.75, 3.05) is 0 Å². The molecule has 108 valence electrons. The maximum Gasteiger partial charge on any atom is 0.331 e. The molecule has 0 aliphatic carbocycles. The van der Waals surface area contributed by atoms with Crippen LogP contribution in [0.2, 0.25) is 0 Å². The second-order valence-corrected chi connectivity index (χ2v) is 5.46. The molecule has 0 saturated heterocycles. The number of carboxylic acids is 1. The van der Waals surface area contributed by atoms with Crippen LogP contribution in [0, 0.1) is 6.92 Å². The number of benzene rings is 1. The summed E-state index contributed by atoms with van der Waals surface area (Å²) in [6, 6.07) is 10.1. The lowest BCUT2D eigenvalue weighted by molar-refractivity contribution is -0.141. The van der Waals surface area contributed by atoms with Gasteiger partial charge in [0.15, 0.2) is 6.04 Å². The fourth-order valence-electron chi connectivity index (χ4n) is 1.84. The van der Waals surface area contributed by atoms with Crippen molar-refractivity contribution in [3.05, 3.63) is 63.9 Å². The Morgan fingerprint density at radius 2 is 2.00 bits per heavy atom. The molecule has 4 nitrogen and oxygen atoms in total. The molecule has 0 spiro atoms. The summed E-state index contributed by atoms with van der Waals surface area (Å²) in [5, 5.41) is 13.5. The van der Waals surface area contributed by atoms with Gasteiger partial charge < -0.3 is 10.4 Å². The highest BCUT2D eigenvalue weighted by atomic mass is 32.1. The number of amides is 1. The Morgan fingerprint density at radius 3 is 2.62 bits per heavy atom. The smallest absolute Gasteiger partial charge is 0.331 e. The van der Waals surface area contributed by atoms with E-state index in [0.717, 1.165) is 11.1 Å². The molecule has 0 radical (unpaired) electrons. The molecule has 1 aromatic heterocycles. The van der Waals surface area contributed by atoms with E-state index in [9.17, 15) is 14.7 Å². The maximum absolute atomic E-state index is 11.9. The molecule has 21 heavy (non-hydrogen) atoms. The molecule has 0 saturated carbocycles. The van der Waals surface area contributed by atoms with E-state index in [1.807, 2.05) is 31.2 Å². The minimum atomic E-state index is -1.07. The zero-order valence-corrected chi connectivity index (χ0v) is 12.3. The van der Waals surface area contributed by atoms with Gasteiger partial charge in [0.2, 0.25) is 5.91 Å². The van der Waals surface area contributed by atoms with Crippen LogP contribution in [0.25, 0.3) is 6.08 Å². The van der Waals surface area contributed by atoms with Gasteiger partial charge in [-0.25, -0.2) is 4.79 Å². The summed E-state index contributed by atoms with van der Waals surface area (Å²) in [6.07, 6.45) is 3.03. The van der Waals surface area contributed by atoms with Gasteiger partial charge in [-0.15, -0.1) is 11.3 Å². The van der Waals surface area contributed by atoms with E-state index >= 15 is 0 Å². The molecule has 2 aromatic rings. The minimum absolute atomic E-state index is 0.431. The normalized spacial score (nSPS) is 12.2. The first kappa shape index (κ1) is 15.0. The van der Waals surface area contributed by atoms with Gasteiger partial charge in [-0.3, -0.25) is 4.79 Å². The summed E-state index contributed by atoms with van der Waals surface area (Å²) < 4.78 is 0. The van der Waals surface area contributed by atoms with E-state index < -0.39 is 17.9 Å². The van der Waals surface area contributed by atoms with E-state index in [1.54, 1.807) is 23.6 Å². The number of aryl methyl sites for hydroxylation is 1. The highest BCUT2D eigenvalue weighted by molar-refractivity contribution is 7.10. The summed E-state index contributed by atoms with van der Waals surface area (Å²) in [7, 11) is 0. The van der Waals surface area contributed by atoms with Crippen molar-refractivity contribution in [1.82, 2.24) is 5.32 Å². The van der Waals surface area contributed by atoms with Gasteiger partial charge in [0.05, 0.1) is 0 Å². The third kappa shape index (κ3) is 4.03. The van der Waals surface area contributed by atoms with Crippen LogP contribution in [0.15, 0.2) is 47.9 Å². The summed E-state index contributed by atoms with van der Waals surface area (Å²) in [6.45, 7) is 1.95. The third-order valence-corrected chi connectivity index (χ3v) is 3.90. The highest BCUT2D eigenvalue weighted by Gasteiger charge is 2.21. The second-order valence-electron chi connectivity index (χ2n) is 4.49. The standard InChI is InChI=1S/C16H15NO3S/c1-11-5-2-3-6-12(11)8-9-14(18)17-15(16(19)20)13-7-4-10-21-13/h2-10,15H,1H3,(H,17,18)(H,19,20)/b9-8+. The van der Waals surface area contributed by atoms with Gasteiger partial charge in [-0.2, -0.15) is 0 Å². The van der Waals surface area contributed by atoms with Crippen molar-refractivity contribution in [3.8, 4) is 0 Å². The Balaban J connectivity index is 2.07. The molecule has 1 atom stereocenters. The Kier molecular flexibility index (Phi) is 4.90. The number of nitrogens with one attached hydrogen (secondary N) is 1. The molecule has 1 aromatic carbocycles. The Hall–Kier alpha value is -2.40. The van der Waals surface area contributed by atoms with E-state index in [4.69, 9.17) is 0 Å². The maximum atomic E-state index is 11.9. The summed E-state index contributed by atoms with van der Waals surface area (Å²) in [4.78, 5) is 23.7. The number of thiophene rings is 1. The first-order valence-corrected chi connectivity index (χ1v) is 7.26. The number of carbonyl (C=O) groups excluding carboxylic acids is 1. The topological polar surface area (TPSA) is 66.4 Å². The molecule has 5 heteroatoms. The Bertz CT molecular complexity index is 662. The van der Waals surface area contributed by atoms with Gasteiger partial charge in [-0.1, -0.05) is 30.3 Å². The Labute approximate surface area is 126 Å². The number of hydrogen-bond donors (Lipinski definition) is 2.